The maximum atomic E-state index is 15.4. The molecule has 2 aliphatic heterocycles. The highest BCUT2D eigenvalue weighted by molar-refractivity contribution is 5.92. The van der Waals surface area contributed by atoms with Gasteiger partial charge in [0.25, 0.3) is 0 Å². The predicted molar refractivity (Wildman–Crippen MR) is 123 cm³/mol. The molecule has 0 amide bonds. The predicted octanol–water partition coefficient (Wildman–Crippen LogP) is 2.73. The molecule has 2 unspecified atom stereocenters. The number of benzene rings is 1. The van der Waals surface area contributed by atoms with E-state index in [1.54, 1.807) is 4.57 Å². The Balaban J connectivity index is 0.000000426. The quantitative estimate of drug-likeness (QED) is 0.376. The van der Waals surface area contributed by atoms with E-state index in [9.17, 15) is 22.8 Å². The number of aliphatic carboxylic acids is 1. The van der Waals surface area contributed by atoms with Crippen LogP contribution in [0.4, 0.5) is 28.0 Å². The fourth-order valence-electron chi connectivity index (χ4n) is 5.05. The number of anilines is 1. The van der Waals surface area contributed by atoms with E-state index < -0.39 is 35.1 Å². The Bertz CT molecular complexity index is 1330. The van der Waals surface area contributed by atoms with Crippen LogP contribution in [0.15, 0.2) is 17.1 Å². The molecule has 1 aliphatic carbocycles. The van der Waals surface area contributed by atoms with Crippen LogP contribution in [0.25, 0.3) is 10.9 Å². The van der Waals surface area contributed by atoms with Gasteiger partial charge in [0, 0.05) is 38.2 Å². The number of fused-ring (bicyclic) bond motifs is 2. The zero-order valence-electron chi connectivity index (χ0n) is 20.1. The number of carboxylic acid groups (broad SMARTS) is 2. The molecule has 1 aromatic heterocycles. The average molecular weight is 547 g/mol. The van der Waals surface area contributed by atoms with Crippen molar-refractivity contribution in [1.29, 1.82) is 0 Å². The Morgan fingerprint density at radius 2 is 1.92 bits per heavy atom. The number of halogens is 4. The number of hydrogen-bond acceptors (Lipinski definition) is 8. The van der Waals surface area contributed by atoms with Crippen molar-refractivity contribution in [3.8, 4) is 11.5 Å². The van der Waals surface area contributed by atoms with Crippen LogP contribution in [0.3, 0.4) is 0 Å². The van der Waals surface area contributed by atoms with E-state index in [-0.39, 0.29) is 34.5 Å². The summed E-state index contributed by atoms with van der Waals surface area (Å²) >= 11 is 0. The second-order valence-corrected chi connectivity index (χ2v) is 9.25. The molecular weight excluding hydrogens is 522 g/mol. The maximum Gasteiger partial charge on any atom is 0.511 e. The zero-order valence-corrected chi connectivity index (χ0v) is 20.1. The van der Waals surface area contributed by atoms with Crippen LogP contribution in [-0.2, 0) is 9.53 Å². The van der Waals surface area contributed by atoms with Crippen LogP contribution in [0, 0.1) is 11.7 Å². The fraction of sp³-hybridized carbons (Fsp3) is 0.522. The second kappa shape index (κ2) is 9.94. The van der Waals surface area contributed by atoms with Crippen molar-refractivity contribution in [2.24, 2.45) is 11.7 Å². The van der Waals surface area contributed by atoms with E-state index in [0.29, 0.717) is 31.8 Å². The van der Waals surface area contributed by atoms with Gasteiger partial charge in [-0.15, -0.1) is 0 Å². The highest BCUT2D eigenvalue weighted by Gasteiger charge is 2.51. The van der Waals surface area contributed by atoms with Gasteiger partial charge in [-0.3, -0.25) is 4.79 Å². The number of nitrogens with zero attached hydrogens (tertiary/aromatic N) is 2. The number of carbonyl (C=O) groups is 2. The summed E-state index contributed by atoms with van der Waals surface area (Å²) in [5.41, 5.74) is 5.50. The third kappa shape index (κ3) is 4.95. The van der Waals surface area contributed by atoms with Crippen molar-refractivity contribution < 1.29 is 51.6 Å². The van der Waals surface area contributed by atoms with E-state index >= 15 is 4.39 Å². The van der Waals surface area contributed by atoms with Crippen molar-refractivity contribution in [3.63, 3.8) is 0 Å². The summed E-state index contributed by atoms with van der Waals surface area (Å²) in [6.07, 6.45) is -2.73. The average Bonchev–Trinajstić information content (AvgIpc) is 3.51. The number of nitrogens with two attached hydrogens (primary N) is 1. The van der Waals surface area contributed by atoms with Gasteiger partial charge in [0.15, 0.2) is 17.3 Å². The molecule has 1 aromatic carbocycles. The van der Waals surface area contributed by atoms with Gasteiger partial charge in [-0.1, -0.05) is 0 Å². The molecule has 2 atom stereocenters. The first kappa shape index (κ1) is 27.4. The second-order valence-electron chi connectivity index (χ2n) is 9.25. The van der Waals surface area contributed by atoms with Crippen LogP contribution in [-0.4, -0.2) is 72.0 Å². The summed E-state index contributed by atoms with van der Waals surface area (Å²) < 4.78 is 65.2. The summed E-state index contributed by atoms with van der Waals surface area (Å²) in [5, 5.41) is 16.1. The lowest BCUT2D eigenvalue weighted by molar-refractivity contribution is -0.192. The number of hydrogen-bond donors (Lipinski definition) is 3. The van der Waals surface area contributed by atoms with Crippen LogP contribution in [0.5, 0.6) is 11.5 Å². The minimum Gasteiger partial charge on any atom is -0.492 e. The molecule has 15 heteroatoms. The third-order valence-electron chi connectivity index (χ3n) is 6.91. The standard InChI is InChI=1S/C21H24FN3O6.C2HF3O2/c1-29-19-16-13(18(26)15(31-20(27)28)8-25(16)12-2-3-12)6-14(22)17(19)24-7-11-4-5-30-21(11,9-23)10-24;3-2(4,5)1(6)7/h6,8,11-12H,2-5,7,9-10,23H2,1H3,(H,27,28);(H,6,7). The molecule has 2 saturated heterocycles. The van der Waals surface area contributed by atoms with Crippen molar-refractivity contribution in [1.82, 2.24) is 4.57 Å². The minimum atomic E-state index is -5.08. The molecule has 3 aliphatic rings. The van der Waals surface area contributed by atoms with Gasteiger partial charge in [-0.2, -0.15) is 13.2 Å². The minimum absolute atomic E-state index is 0.0212. The Labute approximate surface area is 212 Å². The normalized spacial score (nSPS) is 22.6. The van der Waals surface area contributed by atoms with Gasteiger partial charge in [0.05, 0.1) is 24.2 Å². The molecule has 1 saturated carbocycles. The number of alkyl halides is 3. The van der Waals surface area contributed by atoms with E-state index in [1.807, 2.05) is 4.90 Å². The SMILES string of the molecule is COc1c(N2CC3CCOC3(CN)C2)c(F)cc2c(=O)c(OC(=O)O)cn(C3CC3)c12.O=C(O)C(F)(F)F. The van der Waals surface area contributed by atoms with E-state index in [2.05, 4.69) is 4.74 Å². The summed E-state index contributed by atoms with van der Waals surface area (Å²) in [7, 11) is 1.44. The summed E-state index contributed by atoms with van der Waals surface area (Å²) in [4.78, 5) is 34.7. The topological polar surface area (TPSA) is 154 Å². The third-order valence-corrected chi connectivity index (χ3v) is 6.91. The Kier molecular flexibility index (Phi) is 7.18. The van der Waals surface area contributed by atoms with Crippen molar-refractivity contribution in [3.05, 3.63) is 28.3 Å². The van der Waals surface area contributed by atoms with Crippen LogP contribution < -0.4 is 25.5 Å². The lowest BCUT2D eigenvalue weighted by Gasteiger charge is -2.28. The molecule has 3 fully saturated rings. The van der Waals surface area contributed by atoms with Gasteiger partial charge in [-0.25, -0.2) is 14.0 Å². The van der Waals surface area contributed by atoms with Crippen LogP contribution in [0.1, 0.15) is 25.3 Å². The van der Waals surface area contributed by atoms with Crippen LogP contribution in [0.2, 0.25) is 0 Å². The lowest BCUT2D eigenvalue weighted by Crippen LogP contribution is -2.44. The lowest BCUT2D eigenvalue weighted by atomic mass is 9.91. The fourth-order valence-corrected chi connectivity index (χ4v) is 5.05. The molecule has 0 radical (unpaired) electrons. The smallest absolute Gasteiger partial charge is 0.492 e. The number of pyridine rings is 1. The Morgan fingerprint density at radius 1 is 1.26 bits per heavy atom. The molecule has 208 valence electrons. The van der Waals surface area contributed by atoms with Gasteiger partial charge in [0.2, 0.25) is 5.43 Å². The van der Waals surface area contributed by atoms with Crippen LogP contribution >= 0.6 is 0 Å². The largest absolute Gasteiger partial charge is 0.511 e. The van der Waals surface area contributed by atoms with E-state index in [0.717, 1.165) is 25.3 Å². The first-order chi connectivity index (χ1) is 17.8. The molecule has 2 aromatic rings. The Morgan fingerprint density at radius 3 is 2.42 bits per heavy atom. The number of carboxylic acids is 1. The number of ether oxygens (including phenoxy) is 3. The van der Waals surface area contributed by atoms with E-state index in [4.69, 9.17) is 30.2 Å². The summed E-state index contributed by atoms with van der Waals surface area (Å²) in [6.45, 7) is 1.99. The molecule has 0 spiro atoms. The highest BCUT2D eigenvalue weighted by atomic mass is 19.4. The number of aromatic nitrogens is 1. The molecule has 38 heavy (non-hydrogen) atoms. The number of rotatable bonds is 5. The zero-order chi connectivity index (χ0) is 28.0. The van der Waals surface area contributed by atoms with Gasteiger partial charge in [0.1, 0.15) is 11.3 Å². The molecule has 3 heterocycles. The molecule has 5 rings (SSSR count). The summed E-state index contributed by atoms with van der Waals surface area (Å²) in [6, 6.07) is 1.20. The molecule has 4 N–H and O–H groups in total. The van der Waals surface area contributed by atoms with Gasteiger partial charge < -0.3 is 39.6 Å². The molecule has 0 bridgehead atoms. The first-order valence-electron chi connectivity index (χ1n) is 11.6. The molecule has 11 nitrogen and oxygen atoms in total. The molecular formula is C23H25F4N3O8. The van der Waals surface area contributed by atoms with Crippen molar-refractivity contribution in [2.75, 3.05) is 38.3 Å². The maximum absolute atomic E-state index is 15.4. The monoisotopic (exact) mass is 547 g/mol. The van der Waals surface area contributed by atoms with Gasteiger partial charge in [-0.05, 0) is 25.3 Å². The van der Waals surface area contributed by atoms with E-state index in [1.165, 1.54) is 13.3 Å². The van der Waals surface area contributed by atoms with Crippen molar-refractivity contribution in [2.45, 2.75) is 37.1 Å². The highest BCUT2D eigenvalue weighted by Crippen LogP contribution is 2.47. The summed E-state index contributed by atoms with van der Waals surface area (Å²) in [5.74, 6) is -3.30. The first-order valence-corrected chi connectivity index (χ1v) is 11.6. The number of methoxy groups -OCH3 is 1. The van der Waals surface area contributed by atoms with Gasteiger partial charge >= 0.3 is 18.3 Å². The van der Waals surface area contributed by atoms with Crippen molar-refractivity contribution >= 4 is 28.7 Å². The Hall–Kier alpha value is -3.59.